The summed E-state index contributed by atoms with van der Waals surface area (Å²) in [7, 11) is 0. The third kappa shape index (κ3) is 6.81. The average molecular weight is 1020 g/mol. The Bertz CT molecular complexity index is 3950. The molecule has 0 aliphatic heterocycles. The van der Waals surface area contributed by atoms with Crippen LogP contribution in [0.5, 0.6) is 11.5 Å². The minimum Gasteiger partial charge on any atom is -0.0616 e. The van der Waals surface area contributed by atoms with Crippen molar-refractivity contribution in [2.75, 3.05) is 0 Å². The topological polar surface area (TPSA) is 36.9 Å². The second-order valence-electron chi connectivity index (χ2n) is 16.4. The number of nitrogens with zero attached hydrogens (tertiary/aromatic N) is 4. The van der Waals surface area contributed by atoms with Gasteiger partial charge in [-0.2, -0.15) is 0 Å². The van der Waals surface area contributed by atoms with Gasteiger partial charge in [-0.3, -0.25) is 0 Å². The SMILES string of the molecule is [2H]c1c([2H])c([2H])c(-c2cnc(-n3c4[c-]c(Oc5[c-]c(-n6[c](=[Pt])n(-c7c(-c8ccccc8)cc8c(c7-c7ccccc7)CCCC8)c7ccccc76)ccc5)ccc4c4ccccc43)cc2C)c([2H])c1[2H]. The number of hydrogen-bond donors (Lipinski definition) is 0. The molecule has 0 fully saturated rings. The Morgan fingerprint density at radius 3 is 2.08 bits per heavy atom. The van der Waals surface area contributed by atoms with Crippen LogP contribution in [-0.2, 0) is 32.2 Å². The second kappa shape index (κ2) is 16.3. The molecule has 1 aliphatic rings. The van der Waals surface area contributed by atoms with Crippen molar-refractivity contribution in [3.8, 4) is 62.1 Å². The van der Waals surface area contributed by atoms with E-state index in [9.17, 15) is 0 Å². The van der Waals surface area contributed by atoms with Gasteiger partial charge in [0.25, 0.3) is 0 Å². The summed E-state index contributed by atoms with van der Waals surface area (Å²) in [4.78, 5) is 4.86. The van der Waals surface area contributed by atoms with E-state index in [0.29, 0.717) is 28.4 Å². The van der Waals surface area contributed by atoms with Crippen LogP contribution in [0.2, 0.25) is 0 Å². The molecule has 0 saturated heterocycles. The van der Waals surface area contributed by atoms with Crippen molar-refractivity contribution in [3.63, 3.8) is 0 Å². The van der Waals surface area contributed by atoms with Gasteiger partial charge in [-0.1, -0.05) is 42.3 Å². The maximum atomic E-state index is 8.61. The zero-order valence-corrected chi connectivity index (χ0v) is 37.6. The van der Waals surface area contributed by atoms with Crippen molar-refractivity contribution in [1.29, 1.82) is 0 Å². The molecule has 3 aromatic heterocycles. The summed E-state index contributed by atoms with van der Waals surface area (Å²) in [6, 6.07) is 58.1. The number of imidazole rings is 1. The Kier molecular flexibility index (Phi) is 8.58. The first-order valence-corrected chi connectivity index (χ1v) is 23.0. The zero-order chi connectivity index (χ0) is 47.8. The van der Waals surface area contributed by atoms with Gasteiger partial charge in [0.2, 0.25) is 0 Å². The van der Waals surface area contributed by atoms with E-state index in [1.807, 2.05) is 60.0 Å². The molecule has 0 unspecified atom stereocenters. The van der Waals surface area contributed by atoms with Crippen molar-refractivity contribution in [2.45, 2.75) is 32.6 Å². The van der Waals surface area contributed by atoms with Crippen molar-refractivity contribution >= 4 is 32.8 Å². The Labute approximate surface area is 395 Å². The van der Waals surface area contributed by atoms with Gasteiger partial charge in [-0.05, 0) is 18.1 Å². The van der Waals surface area contributed by atoms with Gasteiger partial charge < -0.3 is 0 Å². The molecule has 1 aliphatic carbocycles. The molecule has 0 atom stereocenters. The molecule has 0 radical (unpaired) electrons. The number of aromatic nitrogens is 4. The van der Waals surface area contributed by atoms with Gasteiger partial charge in [-0.25, -0.2) is 0 Å². The van der Waals surface area contributed by atoms with E-state index in [1.54, 1.807) is 6.20 Å². The standard InChI is InChI=1S/C59H42N4O.Pt/c1-40-34-57(60-38-52(40)42-20-7-3-8-21-42)63-53-29-14-13-28-49(53)50-33-32-47(37-56(50)63)64-46-26-17-25-45(36-46)61-39-62(55-31-16-15-30-54(55)61)59-51(41-18-5-2-6-19-41)35-44-24-11-12-27-48(44)58(59)43-22-9-4-10-23-43;/h2-10,13-23,25-26,28-35,38H,11-12,24,27H2,1H3;/q-2;/i3D,7D,8D,20D,21D;. The monoisotopic (exact) mass is 1020 g/mol. The molecule has 0 spiro atoms. The summed E-state index contributed by atoms with van der Waals surface area (Å²) in [5.74, 6) is 1.61. The van der Waals surface area contributed by atoms with Crippen molar-refractivity contribution < 1.29 is 30.9 Å². The van der Waals surface area contributed by atoms with Gasteiger partial charge >= 0.3 is 319 Å². The van der Waals surface area contributed by atoms with Gasteiger partial charge in [-0.15, -0.1) is 0 Å². The van der Waals surface area contributed by atoms with Crippen molar-refractivity contribution in [1.82, 2.24) is 18.7 Å². The Morgan fingerprint density at radius 2 is 1.29 bits per heavy atom. The molecule has 3 heterocycles. The van der Waals surface area contributed by atoms with Crippen molar-refractivity contribution in [3.05, 3.63) is 221 Å². The predicted octanol–water partition coefficient (Wildman–Crippen LogP) is 14.6. The third-order valence-electron chi connectivity index (χ3n) is 12.6. The molecule has 316 valence electrons. The van der Waals surface area contributed by atoms with Crippen LogP contribution < -0.4 is 4.74 Å². The minimum atomic E-state index is -0.429. The second-order valence-corrected chi connectivity index (χ2v) is 17.4. The first-order valence-electron chi connectivity index (χ1n) is 24.3. The van der Waals surface area contributed by atoms with Crippen LogP contribution in [0.4, 0.5) is 0 Å². The normalized spacial score (nSPS) is 13.6. The number of pyridine rings is 1. The van der Waals surface area contributed by atoms with Gasteiger partial charge in [0.1, 0.15) is 0 Å². The van der Waals surface area contributed by atoms with Crippen LogP contribution in [0.3, 0.4) is 0 Å². The molecule has 6 heteroatoms. The molecule has 0 bridgehead atoms. The Hall–Kier alpha value is -7.33. The molecule has 8 aromatic carbocycles. The molecular formula is C59H42N4OPt-2. The first kappa shape index (κ1) is 34.1. The molecule has 0 amide bonds. The van der Waals surface area contributed by atoms with E-state index in [4.69, 9.17) is 16.6 Å². The van der Waals surface area contributed by atoms with E-state index >= 15 is 0 Å². The first-order chi connectivity index (χ1) is 34.2. The van der Waals surface area contributed by atoms with Gasteiger partial charge in [0.05, 0.1) is 6.85 Å². The third-order valence-corrected chi connectivity index (χ3v) is 13.6. The smallest absolute Gasteiger partial charge is 0.0616 e. The van der Waals surface area contributed by atoms with Crippen LogP contribution in [0.25, 0.3) is 83.4 Å². The van der Waals surface area contributed by atoms with E-state index < -0.39 is 6.04 Å². The summed E-state index contributed by atoms with van der Waals surface area (Å²) in [6.45, 7) is 1.87. The predicted molar refractivity (Wildman–Crippen MR) is 260 cm³/mol. The fourth-order valence-electron chi connectivity index (χ4n) is 9.66. The average Bonchev–Trinajstić information content (AvgIpc) is 3.88. The van der Waals surface area contributed by atoms with E-state index in [0.717, 1.165) is 67.3 Å². The number of hydrogen-bond acceptors (Lipinski definition) is 2. The quantitative estimate of drug-likeness (QED) is 0.142. The number of rotatable bonds is 8. The number of benzene rings is 8. The van der Waals surface area contributed by atoms with Crippen LogP contribution in [0.15, 0.2) is 188 Å². The Balaban J connectivity index is 0.979. The minimum absolute atomic E-state index is 0.121. The maximum absolute atomic E-state index is 8.61. The molecule has 0 saturated carbocycles. The van der Waals surface area contributed by atoms with Gasteiger partial charge in [0.15, 0.2) is 0 Å². The Morgan fingerprint density at radius 1 is 0.600 bits per heavy atom. The molecule has 11 aromatic rings. The van der Waals surface area contributed by atoms with Crippen molar-refractivity contribution in [2.24, 2.45) is 0 Å². The number of para-hydroxylation sites is 3. The van der Waals surface area contributed by atoms with Gasteiger partial charge in [0, 0.05) is 11.8 Å². The van der Waals surface area contributed by atoms with Crippen LogP contribution in [0, 0.1) is 22.9 Å². The van der Waals surface area contributed by atoms with Crippen LogP contribution in [-0.4, -0.2) is 18.7 Å². The summed E-state index contributed by atoms with van der Waals surface area (Å²) >= 11 is 2.49. The molecule has 12 rings (SSSR count). The van der Waals surface area contributed by atoms with Crippen LogP contribution >= 0.6 is 0 Å². The fourth-order valence-corrected chi connectivity index (χ4v) is 10.7. The summed E-state index contributed by atoms with van der Waals surface area (Å²) in [6.07, 6.45) is 6.03. The number of fused-ring (bicyclic) bond motifs is 5. The molecule has 65 heavy (non-hydrogen) atoms. The van der Waals surface area contributed by atoms with Crippen LogP contribution in [0.1, 0.15) is 36.4 Å². The molecule has 0 N–H and O–H groups in total. The fraction of sp³-hybridized carbons (Fsp3) is 0.0847. The van der Waals surface area contributed by atoms with E-state index in [2.05, 4.69) is 144 Å². The number of aryl methyl sites for hydroxylation is 2. The summed E-state index contributed by atoms with van der Waals surface area (Å²) < 4.78 is 56.3. The van der Waals surface area contributed by atoms with E-state index in [-0.39, 0.29) is 29.7 Å². The summed E-state index contributed by atoms with van der Waals surface area (Å²) in [5, 5.41) is 1.97. The zero-order valence-electron chi connectivity index (χ0n) is 40.4. The number of ether oxygens (including phenoxy) is 1. The van der Waals surface area contributed by atoms with E-state index in [1.165, 1.54) is 39.8 Å². The molecular weight excluding hydrogens is 976 g/mol. The summed E-state index contributed by atoms with van der Waals surface area (Å²) in [5.41, 5.74) is 14.8. The molecule has 5 nitrogen and oxygen atoms in total.